The molecule has 0 unspecified atom stereocenters. The van der Waals surface area contributed by atoms with E-state index in [0.29, 0.717) is 0 Å². The fraction of sp³-hybridized carbons (Fsp3) is 1.00. The summed E-state index contributed by atoms with van der Waals surface area (Å²) in [7, 11) is 2.17. The number of hydrogen-bond acceptors (Lipinski definition) is 1. The van der Waals surface area contributed by atoms with Gasteiger partial charge in [0.2, 0.25) is 0 Å². The Morgan fingerprint density at radius 3 is 1.18 bits per heavy atom. The molecule has 0 aromatic carbocycles. The summed E-state index contributed by atoms with van der Waals surface area (Å²) in [6, 6.07) is 0. The highest BCUT2D eigenvalue weighted by atomic mass is 15.1. The Morgan fingerprint density at radius 2 is 1.09 bits per heavy atom. The first-order valence-electron chi connectivity index (χ1n) is 4.58. The van der Waals surface area contributed by atoms with Crippen molar-refractivity contribution >= 4 is 0 Å². The molecule has 1 fully saturated rings. The Balaban J connectivity index is -0.000000114. The van der Waals surface area contributed by atoms with E-state index in [9.17, 15) is 0 Å². The highest BCUT2D eigenvalue weighted by molar-refractivity contribution is 4.59. The van der Waals surface area contributed by atoms with Gasteiger partial charge < -0.3 is 4.90 Å². The van der Waals surface area contributed by atoms with Crippen LogP contribution in [-0.2, 0) is 0 Å². The second-order valence-corrected chi connectivity index (χ2v) is 2.01. The minimum Gasteiger partial charge on any atom is -0.306 e. The third-order valence-electron chi connectivity index (χ3n) is 1.33. The molecule has 0 aromatic heterocycles. The lowest BCUT2D eigenvalue weighted by Crippen LogP contribution is -2.10. The molecule has 1 aliphatic rings. The van der Waals surface area contributed by atoms with Gasteiger partial charge in [-0.3, -0.25) is 0 Å². The molecule has 1 saturated heterocycles. The van der Waals surface area contributed by atoms with Gasteiger partial charge in [-0.25, -0.2) is 0 Å². The van der Waals surface area contributed by atoms with E-state index < -0.39 is 0 Å². The van der Waals surface area contributed by atoms with Crippen molar-refractivity contribution in [1.82, 2.24) is 4.90 Å². The lowest BCUT2D eigenvalue weighted by Gasteiger charge is -2.01. The van der Waals surface area contributed by atoms with Gasteiger partial charge in [0.15, 0.2) is 0 Å². The van der Waals surface area contributed by atoms with Crippen LogP contribution >= 0.6 is 0 Å². The Labute approximate surface area is 73.8 Å². The van der Waals surface area contributed by atoms with Gasteiger partial charge in [0.05, 0.1) is 0 Å². The summed E-state index contributed by atoms with van der Waals surface area (Å²) >= 11 is 0. The third-order valence-corrected chi connectivity index (χ3v) is 1.33. The minimum absolute atomic E-state index is 0. The second-order valence-electron chi connectivity index (χ2n) is 2.01. The van der Waals surface area contributed by atoms with Crippen molar-refractivity contribution in [3.8, 4) is 0 Å². The van der Waals surface area contributed by atoms with Gasteiger partial charge in [-0.1, -0.05) is 35.1 Å². The van der Waals surface area contributed by atoms with Gasteiger partial charge in [-0.05, 0) is 33.0 Å². The molecular weight excluding hydrogens is 134 g/mol. The van der Waals surface area contributed by atoms with E-state index in [1.54, 1.807) is 0 Å². The number of likely N-dealkylation sites (tertiary alicyclic amines) is 1. The maximum atomic E-state index is 2.36. The van der Waals surface area contributed by atoms with Gasteiger partial charge >= 0.3 is 0 Å². The standard InChI is InChI=1S/C5H11N.2C2H6.CH4/c1-6-4-2-3-5-6;2*1-2;/h2-5H2,1H3;2*1-2H3;1H4. The fourth-order valence-electron chi connectivity index (χ4n) is 0.875. The zero-order valence-corrected chi connectivity index (χ0v) is 8.28. The summed E-state index contributed by atoms with van der Waals surface area (Å²) in [4.78, 5) is 2.36. The molecule has 11 heavy (non-hydrogen) atoms. The van der Waals surface area contributed by atoms with Crippen molar-refractivity contribution in [2.24, 2.45) is 0 Å². The third kappa shape index (κ3) is 13.0. The average molecular weight is 161 g/mol. The molecule has 1 heteroatoms. The largest absolute Gasteiger partial charge is 0.306 e. The molecule has 1 rings (SSSR count). The van der Waals surface area contributed by atoms with Crippen LogP contribution in [0.5, 0.6) is 0 Å². The smallest absolute Gasteiger partial charge is 0.00213 e. The SMILES string of the molecule is C.CC.CC.CN1CCCC1. The van der Waals surface area contributed by atoms with Crippen LogP contribution < -0.4 is 0 Å². The molecule has 0 bridgehead atoms. The van der Waals surface area contributed by atoms with Crippen molar-refractivity contribution in [3.05, 3.63) is 0 Å². The average Bonchev–Trinajstić information content (AvgIpc) is 2.48. The predicted molar refractivity (Wildman–Crippen MR) is 56.2 cm³/mol. The van der Waals surface area contributed by atoms with Gasteiger partial charge in [-0.15, -0.1) is 0 Å². The molecule has 0 amide bonds. The van der Waals surface area contributed by atoms with E-state index in [0.717, 1.165) is 0 Å². The first kappa shape index (κ1) is 17.2. The molecule has 1 nitrogen and oxygen atoms in total. The lowest BCUT2D eigenvalue weighted by molar-refractivity contribution is 0.418. The van der Waals surface area contributed by atoms with E-state index in [1.165, 1.54) is 25.9 Å². The fourth-order valence-corrected chi connectivity index (χ4v) is 0.875. The van der Waals surface area contributed by atoms with Crippen LogP contribution in [0.1, 0.15) is 48.0 Å². The van der Waals surface area contributed by atoms with Crippen molar-refractivity contribution < 1.29 is 0 Å². The zero-order chi connectivity index (χ0) is 8.41. The van der Waals surface area contributed by atoms with Crippen LogP contribution in [-0.4, -0.2) is 25.0 Å². The molecule has 0 spiro atoms. The summed E-state index contributed by atoms with van der Waals surface area (Å²) in [6.07, 6.45) is 2.83. The van der Waals surface area contributed by atoms with Crippen molar-refractivity contribution in [2.45, 2.75) is 48.0 Å². The highest BCUT2D eigenvalue weighted by Crippen LogP contribution is 2.01. The monoisotopic (exact) mass is 161 g/mol. The van der Waals surface area contributed by atoms with Gasteiger partial charge in [0, 0.05) is 0 Å². The first-order valence-corrected chi connectivity index (χ1v) is 4.58. The molecule has 72 valence electrons. The molecule has 1 aliphatic heterocycles. The van der Waals surface area contributed by atoms with Crippen molar-refractivity contribution in [3.63, 3.8) is 0 Å². The van der Waals surface area contributed by atoms with Gasteiger partial charge in [-0.2, -0.15) is 0 Å². The molecule has 0 atom stereocenters. The molecule has 0 aromatic rings. The summed E-state index contributed by atoms with van der Waals surface area (Å²) < 4.78 is 0. The molecule has 0 saturated carbocycles. The molecule has 0 radical (unpaired) electrons. The Kier molecular flexibility index (Phi) is 25.7. The zero-order valence-electron chi connectivity index (χ0n) is 8.28. The summed E-state index contributed by atoms with van der Waals surface area (Å²) in [5.41, 5.74) is 0. The lowest BCUT2D eigenvalue weighted by atomic mass is 10.4. The van der Waals surface area contributed by atoms with Crippen molar-refractivity contribution in [2.75, 3.05) is 20.1 Å². The maximum Gasteiger partial charge on any atom is -0.00213 e. The summed E-state index contributed by atoms with van der Waals surface area (Å²) in [6.45, 7) is 10.6. The Hall–Kier alpha value is -0.0400. The molecule has 0 N–H and O–H groups in total. The normalized spacial score (nSPS) is 15.0. The van der Waals surface area contributed by atoms with Gasteiger partial charge in [0.25, 0.3) is 0 Å². The maximum absolute atomic E-state index is 2.36. The van der Waals surface area contributed by atoms with Crippen molar-refractivity contribution in [1.29, 1.82) is 0 Å². The van der Waals surface area contributed by atoms with Crippen LogP contribution in [0.15, 0.2) is 0 Å². The summed E-state index contributed by atoms with van der Waals surface area (Å²) in [5.74, 6) is 0. The minimum atomic E-state index is 0. The second kappa shape index (κ2) is 16.5. The van der Waals surface area contributed by atoms with E-state index in [1.807, 2.05) is 27.7 Å². The number of rotatable bonds is 0. The first-order chi connectivity index (χ1) is 4.89. The highest BCUT2D eigenvalue weighted by Gasteiger charge is 2.03. The van der Waals surface area contributed by atoms with E-state index in [-0.39, 0.29) is 7.43 Å². The Morgan fingerprint density at radius 1 is 0.818 bits per heavy atom. The van der Waals surface area contributed by atoms with E-state index >= 15 is 0 Å². The summed E-state index contributed by atoms with van der Waals surface area (Å²) in [5, 5.41) is 0. The predicted octanol–water partition coefficient (Wildman–Crippen LogP) is 3.40. The van der Waals surface area contributed by atoms with E-state index in [2.05, 4.69) is 11.9 Å². The van der Waals surface area contributed by atoms with Crippen LogP contribution in [0.2, 0.25) is 0 Å². The molecule has 0 aliphatic carbocycles. The Bertz CT molecular complexity index is 38.1. The molecular formula is C10H27N. The number of nitrogens with zero attached hydrogens (tertiary/aromatic N) is 1. The quantitative estimate of drug-likeness (QED) is 0.526. The molecule has 1 heterocycles. The topological polar surface area (TPSA) is 3.24 Å². The number of hydrogen-bond donors (Lipinski definition) is 0. The van der Waals surface area contributed by atoms with Gasteiger partial charge in [0.1, 0.15) is 0 Å². The van der Waals surface area contributed by atoms with E-state index in [4.69, 9.17) is 0 Å². The van der Waals surface area contributed by atoms with Crippen LogP contribution in [0, 0.1) is 0 Å². The van der Waals surface area contributed by atoms with Crippen LogP contribution in [0.3, 0.4) is 0 Å². The van der Waals surface area contributed by atoms with Crippen LogP contribution in [0.4, 0.5) is 0 Å². The van der Waals surface area contributed by atoms with Crippen LogP contribution in [0.25, 0.3) is 0 Å².